The van der Waals surface area contributed by atoms with Crippen LogP contribution < -0.4 is 14.8 Å². The average molecular weight is 395 g/mol. The highest BCUT2D eigenvalue weighted by Gasteiger charge is 2.24. The molecule has 0 aromatic heterocycles. The zero-order chi connectivity index (χ0) is 20.6. The van der Waals surface area contributed by atoms with Gasteiger partial charge in [-0.25, -0.2) is 0 Å². The van der Waals surface area contributed by atoms with Gasteiger partial charge in [0.05, 0.1) is 45.1 Å². The van der Waals surface area contributed by atoms with E-state index in [4.69, 9.17) is 19.5 Å². The first kappa shape index (κ1) is 20.6. The van der Waals surface area contributed by atoms with Gasteiger partial charge in [0.25, 0.3) is 5.91 Å². The minimum atomic E-state index is -0.173. The zero-order valence-electron chi connectivity index (χ0n) is 16.7. The highest BCUT2D eigenvalue weighted by Crippen LogP contribution is 2.32. The van der Waals surface area contributed by atoms with Crippen molar-refractivity contribution < 1.29 is 19.0 Å². The molecule has 1 N–H and O–H groups in total. The fraction of sp³-hybridized carbons (Fsp3) is 0.364. The normalized spacial score (nSPS) is 15.2. The van der Waals surface area contributed by atoms with E-state index in [1.54, 1.807) is 38.5 Å². The average Bonchev–Trinajstić information content (AvgIpc) is 2.79. The van der Waals surface area contributed by atoms with E-state index < -0.39 is 0 Å². The van der Waals surface area contributed by atoms with Crippen LogP contribution in [0, 0.1) is 11.3 Å². The van der Waals surface area contributed by atoms with Crippen LogP contribution in [0.15, 0.2) is 42.5 Å². The van der Waals surface area contributed by atoms with Gasteiger partial charge in [-0.15, -0.1) is 0 Å². The van der Waals surface area contributed by atoms with E-state index in [1.165, 1.54) is 0 Å². The molecule has 0 spiro atoms. The number of carbonyl (C=O) groups excluding carboxylic acids is 1. The summed E-state index contributed by atoms with van der Waals surface area (Å²) < 4.78 is 16.3. The van der Waals surface area contributed by atoms with E-state index in [-0.39, 0.29) is 11.9 Å². The molecule has 1 heterocycles. The Morgan fingerprint density at radius 2 is 1.83 bits per heavy atom. The highest BCUT2D eigenvalue weighted by molar-refractivity contribution is 5.94. The SMILES string of the molecule is COc1ccc([C@H](CNC(=O)c2ccc(C#N)cc2)N2CCOCC2)cc1OC. The topological polar surface area (TPSA) is 83.8 Å². The largest absolute Gasteiger partial charge is 0.493 e. The van der Waals surface area contributed by atoms with Crippen molar-refractivity contribution in [1.29, 1.82) is 5.26 Å². The van der Waals surface area contributed by atoms with Crippen LogP contribution in [-0.2, 0) is 4.74 Å². The Morgan fingerprint density at radius 1 is 1.14 bits per heavy atom. The summed E-state index contributed by atoms with van der Waals surface area (Å²) in [6.07, 6.45) is 0. The molecule has 1 saturated heterocycles. The number of nitriles is 1. The Hall–Kier alpha value is -3.08. The maximum absolute atomic E-state index is 12.6. The molecule has 2 aromatic carbocycles. The van der Waals surface area contributed by atoms with Gasteiger partial charge in [0.1, 0.15) is 0 Å². The number of nitrogens with one attached hydrogen (secondary N) is 1. The summed E-state index contributed by atoms with van der Waals surface area (Å²) in [6.45, 7) is 3.33. The molecule has 0 radical (unpaired) electrons. The fourth-order valence-corrected chi connectivity index (χ4v) is 3.39. The first-order valence-electron chi connectivity index (χ1n) is 9.48. The number of methoxy groups -OCH3 is 2. The number of hydrogen-bond donors (Lipinski definition) is 1. The van der Waals surface area contributed by atoms with Gasteiger partial charge in [0, 0.05) is 25.2 Å². The van der Waals surface area contributed by atoms with Gasteiger partial charge >= 0.3 is 0 Å². The lowest BCUT2D eigenvalue weighted by molar-refractivity contribution is 0.0162. The van der Waals surface area contributed by atoms with E-state index in [1.807, 2.05) is 18.2 Å². The number of benzene rings is 2. The number of hydrogen-bond acceptors (Lipinski definition) is 6. The van der Waals surface area contributed by atoms with Crippen molar-refractivity contribution in [2.45, 2.75) is 6.04 Å². The van der Waals surface area contributed by atoms with E-state index in [0.717, 1.165) is 18.7 Å². The predicted octanol–water partition coefficient (Wildman–Crippen LogP) is 2.38. The van der Waals surface area contributed by atoms with Gasteiger partial charge in [-0.1, -0.05) is 6.07 Å². The summed E-state index contributed by atoms with van der Waals surface area (Å²) in [6, 6.07) is 14.5. The molecule has 0 saturated carbocycles. The summed E-state index contributed by atoms with van der Waals surface area (Å²) in [5.41, 5.74) is 2.08. The smallest absolute Gasteiger partial charge is 0.251 e. The molecule has 0 aliphatic carbocycles. The third kappa shape index (κ3) is 5.05. The van der Waals surface area contributed by atoms with Crippen molar-refractivity contribution >= 4 is 5.91 Å². The molecule has 0 bridgehead atoms. The van der Waals surface area contributed by atoms with Gasteiger partial charge in [0.2, 0.25) is 0 Å². The van der Waals surface area contributed by atoms with Gasteiger partial charge in [-0.2, -0.15) is 5.26 Å². The Bertz CT molecular complexity index is 871. The lowest BCUT2D eigenvalue weighted by atomic mass is 10.0. The molecule has 152 valence electrons. The lowest BCUT2D eigenvalue weighted by Gasteiger charge is -2.35. The van der Waals surface area contributed by atoms with Crippen molar-refractivity contribution in [2.75, 3.05) is 47.1 Å². The number of rotatable bonds is 7. The standard InChI is InChI=1S/C22H25N3O4/c1-27-20-8-7-18(13-21(20)28-2)19(25-9-11-29-12-10-25)15-24-22(26)17-5-3-16(14-23)4-6-17/h3-8,13,19H,9-12,15H2,1-2H3,(H,24,26)/t19-/m0/s1. The third-order valence-corrected chi connectivity index (χ3v) is 5.01. The van der Waals surface area contributed by atoms with Crippen LogP contribution >= 0.6 is 0 Å². The second-order valence-electron chi connectivity index (χ2n) is 6.68. The molecule has 0 unspecified atom stereocenters. The highest BCUT2D eigenvalue weighted by atomic mass is 16.5. The molecule has 1 aliphatic heterocycles. The Morgan fingerprint density at radius 3 is 2.45 bits per heavy atom. The molecule has 1 atom stereocenters. The first-order valence-corrected chi connectivity index (χ1v) is 9.48. The first-order chi connectivity index (χ1) is 14.2. The molecule has 1 amide bonds. The molecule has 1 aliphatic rings. The summed E-state index contributed by atoms with van der Waals surface area (Å²) in [5.74, 6) is 1.15. The minimum absolute atomic E-state index is 0.0268. The molecule has 7 heteroatoms. The lowest BCUT2D eigenvalue weighted by Crippen LogP contribution is -2.43. The van der Waals surface area contributed by atoms with Crippen LogP contribution in [0.2, 0.25) is 0 Å². The Labute approximate surface area is 170 Å². The van der Waals surface area contributed by atoms with Gasteiger partial charge in [-0.05, 0) is 42.0 Å². The third-order valence-electron chi connectivity index (χ3n) is 5.01. The van der Waals surface area contributed by atoms with Crippen LogP contribution in [0.25, 0.3) is 0 Å². The molecular formula is C22H25N3O4. The van der Waals surface area contributed by atoms with Gasteiger partial charge < -0.3 is 19.5 Å². The Kier molecular flexibility index (Phi) is 7.06. The summed E-state index contributed by atoms with van der Waals surface area (Å²) >= 11 is 0. The molecule has 2 aromatic rings. The van der Waals surface area contributed by atoms with E-state index in [2.05, 4.69) is 16.3 Å². The summed E-state index contributed by atoms with van der Waals surface area (Å²) in [7, 11) is 3.22. The van der Waals surface area contributed by atoms with Crippen LogP contribution in [0.1, 0.15) is 27.5 Å². The van der Waals surface area contributed by atoms with E-state index in [9.17, 15) is 4.79 Å². The Balaban J connectivity index is 1.78. The molecule has 29 heavy (non-hydrogen) atoms. The fourth-order valence-electron chi connectivity index (χ4n) is 3.39. The van der Waals surface area contributed by atoms with E-state index >= 15 is 0 Å². The van der Waals surface area contributed by atoms with Crippen molar-refractivity contribution in [1.82, 2.24) is 10.2 Å². The molecular weight excluding hydrogens is 370 g/mol. The van der Waals surface area contributed by atoms with Gasteiger partial charge in [-0.3, -0.25) is 9.69 Å². The number of carbonyl (C=O) groups is 1. The monoisotopic (exact) mass is 395 g/mol. The molecule has 1 fully saturated rings. The number of morpholine rings is 1. The number of amides is 1. The summed E-state index contributed by atoms with van der Waals surface area (Å²) in [4.78, 5) is 14.9. The molecule has 3 rings (SSSR count). The molecule has 7 nitrogen and oxygen atoms in total. The van der Waals surface area contributed by atoms with E-state index in [0.29, 0.717) is 42.4 Å². The minimum Gasteiger partial charge on any atom is -0.493 e. The quantitative estimate of drug-likeness (QED) is 0.775. The van der Waals surface area contributed by atoms with Crippen molar-refractivity contribution in [3.63, 3.8) is 0 Å². The second-order valence-corrected chi connectivity index (χ2v) is 6.68. The van der Waals surface area contributed by atoms with Crippen LogP contribution in [0.3, 0.4) is 0 Å². The predicted molar refractivity (Wildman–Crippen MR) is 108 cm³/mol. The maximum atomic E-state index is 12.6. The summed E-state index contributed by atoms with van der Waals surface area (Å²) in [5, 5.41) is 11.9. The maximum Gasteiger partial charge on any atom is 0.251 e. The van der Waals surface area contributed by atoms with Crippen LogP contribution in [0.4, 0.5) is 0 Å². The number of ether oxygens (including phenoxy) is 3. The van der Waals surface area contributed by atoms with Crippen LogP contribution in [0.5, 0.6) is 11.5 Å². The van der Waals surface area contributed by atoms with Crippen molar-refractivity contribution in [3.05, 3.63) is 59.2 Å². The zero-order valence-corrected chi connectivity index (χ0v) is 16.7. The number of nitrogens with zero attached hydrogens (tertiary/aromatic N) is 2. The van der Waals surface area contributed by atoms with Crippen LogP contribution in [-0.4, -0.2) is 57.9 Å². The van der Waals surface area contributed by atoms with Gasteiger partial charge in [0.15, 0.2) is 11.5 Å². The second kappa shape index (κ2) is 9.92. The van der Waals surface area contributed by atoms with Crippen molar-refractivity contribution in [3.8, 4) is 17.6 Å². The van der Waals surface area contributed by atoms with Crippen molar-refractivity contribution in [2.24, 2.45) is 0 Å².